The van der Waals surface area contributed by atoms with Crippen molar-refractivity contribution >= 4 is 30.7 Å². The van der Waals surface area contributed by atoms with Crippen LogP contribution >= 0.6 is 24.8 Å². The minimum Gasteiger partial charge on any atom is -0.353 e. The molecule has 1 amide bonds. The number of nitrogens with two attached hydrogens (primary N) is 1. The first-order valence-corrected chi connectivity index (χ1v) is 7.16. The van der Waals surface area contributed by atoms with Crippen LogP contribution < -0.4 is 11.1 Å². The molecule has 20 heavy (non-hydrogen) atoms. The van der Waals surface area contributed by atoms with E-state index in [9.17, 15) is 4.79 Å². The summed E-state index contributed by atoms with van der Waals surface area (Å²) >= 11 is 0. The number of hydrogen-bond acceptors (Lipinski definition) is 3. The lowest BCUT2D eigenvalue weighted by atomic mass is 9.93. The predicted octanol–water partition coefficient (Wildman–Crippen LogP) is 1.95. The number of halogens is 2. The molecular weight excluding hydrogens is 297 g/mol. The smallest absolute Gasteiger partial charge is 0.240 e. The maximum absolute atomic E-state index is 11.9. The van der Waals surface area contributed by atoms with E-state index in [1.54, 1.807) is 0 Å². The lowest BCUT2D eigenvalue weighted by Gasteiger charge is -2.43. The molecule has 2 aliphatic rings. The molecule has 1 aliphatic carbocycles. The number of carbonyl (C=O) groups is 1. The van der Waals surface area contributed by atoms with E-state index in [1.807, 2.05) is 0 Å². The minimum absolute atomic E-state index is 0. The molecule has 2 fully saturated rings. The monoisotopic (exact) mass is 325 g/mol. The van der Waals surface area contributed by atoms with Crippen LogP contribution in [-0.4, -0.2) is 41.5 Å². The third kappa shape index (κ3) is 4.76. The maximum Gasteiger partial charge on any atom is 0.240 e. The van der Waals surface area contributed by atoms with E-state index >= 15 is 0 Å². The summed E-state index contributed by atoms with van der Waals surface area (Å²) < 4.78 is 0. The molecule has 2 rings (SSSR count). The molecule has 0 aromatic carbocycles. The van der Waals surface area contributed by atoms with Crippen LogP contribution in [0.25, 0.3) is 0 Å². The summed E-state index contributed by atoms with van der Waals surface area (Å²) in [6.45, 7) is 9.69. The van der Waals surface area contributed by atoms with Crippen molar-refractivity contribution in [1.29, 1.82) is 0 Å². The molecule has 0 aromatic rings. The first kappa shape index (κ1) is 20.0. The number of piperidine rings is 1. The minimum atomic E-state index is -0.550. The summed E-state index contributed by atoms with van der Waals surface area (Å²) in [7, 11) is 0. The van der Waals surface area contributed by atoms with Gasteiger partial charge >= 0.3 is 0 Å². The third-order valence-corrected chi connectivity index (χ3v) is 4.44. The zero-order chi connectivity index (χ0) is 13.4. The fraction of sp³-hybridized carbons (Fsp3) is 0.929. The Morgan fingerprint density at radius 1 is 1.40 bits per heavy atom. The molecular formula is C14H29Cl2N3O. The summed E-state index contributed by atoms with van der Waals surface area (Å²) in [6, 6.07) is 0. The van der Waals surface area contributed by atoms with Gasteiger partial charge in [-0.05, 0) is 52.0 Å². The second-order valence-corrected chi connectivity index (χ2v) is 6.84. The number of rotatable bonds is 4. The quantitative estimate of drug-likeness (QED) is 0.830. The molecule has 1 saturated heterocycles. The van der Waals surface area contributed by atoms with E-state index in [-0.39, 0.29) is 36.3 Å². The van der Waals surface area contributed by atoms with Gasteiger partial charge in [-0.25, -0.2) is 0 Å². The molecule has 1 atom stereocenters. The van der Waals surface area contributed by atoms with E-state index in [1.165, 1.54) is 12.8 Å². The van der Waals surface area contributed by atoms with Gasteiger partial charge in [0.05, 0.1) is 5.54 Å². The SMILES string of the molecule is CC1CCCN(C(C)(C)CNC(=O)C2(N)CC2)C1.Cl.Cl. The van der Waals surface area contributed by atoms with Crippen LogP contribution in [0, 0.1) is 5.92 Å². The van der Waals surface area contributed by atoms with Crippen LogP contribution in [0.2, 0.25) is 0 Å². The van der Waals surface area contributed by atoms with Gasteiger partial charge < -0.3 is 11.1 Å². The molecule has 1 heterocycles. The van der Waals surface area contributed by atoms with E-state index < -0.39 is 5.54 Å². The van der Waals surface area contributed by atoms with Crippen molar-refractivity contribution in [2.24, 2.45) is 11.7 Å². The van der Waals surface area contributed by atoms with Crippen molar-refractivity contribution in [3.05, 3.63) is 0 Å². The van der Waals surface area contributed by atoms with Gasteiger partial charge in [0.15, 0.2) is 0 Å². The Hall–Kier alpha value is -0.0300. The van der Waals surface area contributed by atoms with E-state index in [4.69, 9.17) is 5.73 Å². The third-order valence-electron chi connectivity index (χ3n) is 4.44. The molecule has 4 nitrogen and oxygen atoms in total. The van der Waals surface area contributed by atoms with Gasteiger partial charge in [0.25, 0.3) is 0 Å². The standard InChI is InChI=1S/C14H27N3O.2ClH/c1-11-5-4-8-17(9-11)13(2,3)10-16-12(18)14(15)6-7-14;;/h11H,4-10,15H2,1-3H3,(H,16,18);2*1H. The molecule has 1 aliphatic heterocycles. The average Bonchev–Trinajstić information content (AvgIpc) is 3.06. The second-order valence-electron chi connectivity index (χ2n) is 6.84. The lowest BCUT2D eigenvalue weighted by molar-refractivity contribution is -0.123. The Morgan fingerprint density at radius 2 is 2.00 bits per heavy atom. The number of nitrogens with one attached hydrogen (secondary N) is 1. The molecule has 0 spiro atoms. The van der Waals surface area contributed by atoms with Crippen molar-refractivity contribution in [2.45, 2.75) is 57.5 Å². The normalized spacial score (nSPS) is 25.1. The van der Waals surface area contributed by atoms with Gasteiger partial charge in [-0.15, -0.1) is 24.8 Å². The highest BCUT2D eigenvalue weighted by atomic mass is 35.5. The topological polar surface area (TPSA) is 58.4 Å². The van der Waals surface area contributed by atoms with Gasteiger partial charge in [0.1, 0.15) is 0 Å². The summed E-state index contributed by atoms with van der Waals surface area (Å²) in [5, 5.41) is 3.03. The highest BCUT2D eigenvalue weighted by Gasteiger charge is 2.46. The highest BCUT2D eigenvalue weighted by molar-refractivity contribution is 5.89. The highest BCUT2D eigenvalue weighted by Crippen LogP contribution is 2.32. The van der Waals surface area contributed by atoms with Crippen molar-refractivity contribution in [3.63, 3.8) is 0 Å². The lowest BCUT2D eigenvalue weighted by Crippen LogP contribution is -2.56. The number of likely N-dealkylation sites (tertiary alicyclic amines) is 1. The van der Waals surface area contributed by atoms with Crippen LogP contribution in [0.4, 0.5) is 0 Å². The summed E-state index contributed by atoms with van der Waals surface area (Å²) in [4.78, 5) is 14.4. The van der Waals surface area contributed by atoms with Crippen molar-refractivity contribution in [2.75, 3.05) is 19.6 Å². The van der Waals surface area contributed by atoms with E-state index in [0.717, 1.165) is 31.8 Å². The number of amides is 1. The largest absolute Gasteiger partial charge is 0.353 e. The van der Waals surface area contributed by atoms with Crippen LogP contribution in [0.3, 0.4) is 0 Å². The van der Waals surface area contributed by atoms with Crippen LogP contribution in [0.15, 0.2) is 0 Å². The second kappa shape index (κ2) is 7.30. The Kier molecular flexibility index (Phi) is 7.29. The number of hydrogen-bond donors (Lipinski definition) is 2. The molecule has 0 aromatic heterocycles. The van der Waals surface area contributed by atoms with Crippen LogP contribution in [-0.2, 0) is 4.79 Å². The molecule has 0 bridgehead atoms. The van der Waals surface area contributed by atoms with Crippen molar-refractivity contribution in [1.82, 2.24) is 10.2 Å². The summed E-state index contributed by atoms with van der Waals surface area (Å²) in [5.74, 6) is 0.790. The Bertz CT molecular complexity index is 332. The Labute approximate surface area is 135 Å². The number of nitrogens with zero attached hydrogens (tertiary/aromatic N) is 1. The van der Waals surface area contributed by atoms with Gasteiger partial charge in [0, 0.05) is 18.6 Å². The molecule has 0 radical (unpaired) electrons. The fourth-order valence-corrected chi connectivity index (χ4v) is 2.69. The summed E-state index contributed by atoms with van der Waals surface area (Å²) in [6.07, 6.45) is 4.25. The molecule has 3 N–H and O–H groups in total. The van der Waals surface area contributed by atoms with E-state index in [2.05, 4.69) is 31.0 Å². The average molecular weight is 326 g/mol. The fourth-order valence-electron chi connectivity index (χ4n) is 2.69. The van der Waals surface area contributed by atoms with Gasteiger partial charge in [-0.1, -0.05) is 6.92 Å². The molecule has 120 valence electrons. The van der Waals surface area contributed by atoms with Crippen molar-refractivity contribution < 1.29 is 4.79 Å². The molecule has 1 unspecified atom stereocenters. The van der Waals surface area contributed by atoms with Crippen LogP contribution in [0.1, 0.15) is 46.5 Å². The van der Waals surface area contributed by atoms with Gasteiger partial charge in [-0.3, -0.25) is 9.69 Å². The van der Waals surface area contributed by atoms with Crippen molar-refractivity contribution in [3.8, 4) is 0 Å². The maximum atomic E-state index is 11.9. The zero-order valence-corrected chi connectivity index (χ0v) is 14.4. The summed E-state index contributed by atoms with van der Waals surface area (Å²) in [5.41, 5.74) is 5.37. The zero-order valence-electron chi connectivity index (χ0n) is 12.8. The number of carbonyl (C=O) groups excluding carboxylic acids is 1. The predicted molar refractivity (Wildman–Crippen MR) is 87.7 cm³/mol. The first-order chi connectivity index (χ1) is 8.33. The Balaban J connectivity index is 0.00000180. The van der Waals surface area contributed by atoms with Gasteiger partial charge in [0.2, 0.25) is 5.91 Å². The first-order valence-electron chi connectivity index (χ1n) is 7.16. The van der Waals surface area contributed by atoms with Crippen LogP contribution in [0.5, 0.6) is 0 Å². The molecule has 1 saturated carbocycles. The Morgan fingerprint density at radius 3 is 2.50 bits per heavy atom. The van der Waals surface area contributed by atoms with E-state index in [0.29, 0.717) is 6.54 Å². The molecule has 6 heteroatoms. The van der Waals surface area contributed by atoms with Gasteiger partial charge in [-0.2, -0.15) is 0 Å².